The van der Waals surface area contributed by atoms with Crippen LogP contribution in [0.1, 0.15) is 28.1 Å². The topological polar surface area (TPSA) is 53.6 Å². The van der Waals surface area contributed by atoms with Crippen LogP contribution in [0.25, 0.3) is 0 Å². The summed E-state index contributed by atoms with van der Waals surface area (Å²) in [7, 11) is 1.95. The Morgan fingerprint density at radius 2 is 2.10 bits per heavy atom. The van der Waals surface area contributed by atoms with E-state index in [4.69, 9.17) is 16.9 Å². The van der Waals surface area contributed by atoms with Crippen LogP contribution in [-0.4, -0.2) is 9.78 Å². The number of hydrogen-bond acceptors (Lipinski definition) is 3. The quantitative estimate of drug-likeness (QED) is 0.941. The first-order valence-corrected chi connectivity index (χ1v) is 6.79. The second-order valence-electron chi connectivity index (χ2n) is 4.79. The molecular formula is C15H17ClN4. The molecule has 0 bridgehead atoms. The van der Waals surface area contributed by atoms with Crippen molar-refractivity contribution in [3.05, 3.63) is 51.3 Å². The number of aryl methyl sites for hydroxylation is 2. The fourth-order valence-electron chi connectivity index (χ4n) is 2.16. The molecule has 5 heteroatoms. The van der Waals surface area contributed by atoms with Gasteiger partial charge in [0.15, 0.2) is 0 Å². The summed E-state index contributed by atoms with van der Waals surface area (Å²) in [5, 5.41) is 17.2. The van der Waals surface area contributed by atoms with Gasteiger partial charge in [-0.05, 0) is 31.5 Å². The number of nitrogens with zero attached hydrogens (tertiary/aromatic N) is 3. The van der Waals surface area contributed by atoms with E-state index >= 15 is 0 Å². The lowest BCUT2D eigenvalue weighted by Crippen LogP contribution is -2.14. The van der Waals surface area contributed by atoms with Crippen LogP contribution in [0.4, 0.5) is 0 Å². The molecule has 0 saturated carbocycles. The molecule has 0 saturated heterocycles. The monoisotopic (exact) mass is 288 g/mol. The molecule has 1 N–H and O–H groups in total. The SMILES string of the molecule is Cc1nn(C)c(C)c1CNCc1ccc(C#N)cc1Cl. The van der Waals surface area contributed by atoms with E-state index in [-0.39, 0.29) is 0 Å². The summed E-state index contributed by atoms with van der Waals surface area (Å²) >= 11 is 6.15. The number of hydrogen-bond donors (Lipinski definition) is 1. The third-order valence-electron chi connectivity index (χ3n) is 3.46. The molecule has 1 aromatic heterocycles. The molecule has 0 aliphatic heterocycles. The lowest BCUT2D eigenvalue weighted by Gasteiger charge is -2.07. The van der Waals surface area contributed by atoms with Crippen molar-refractivity contribution in [2.75, 3.05) is 0 Å². The molecular weight excluding hydrogens is 272 g/mol. The molecule has 0 atom stereocenters. The number of nitriles is 1. The smallest absolute Gasteiger partial charge is 0.0992 e. The maximum absolute atomic E-state index is 8.81. The molecule has 0 aliphatic rings. The first-order chi connectivity index (χ1) is 9.52. The molecule has 0 amide bonds. The minimum Gasteiger partial charge on any atom is -0.308 e. The fraction of sp³-hybridized carbons (Fsp3) is 0.333. The van der Waals surface area contributed by atoms with Crippen molar-refractivity contribution in [3.8, 4) is 6.07 Å². The fourth-order valence-corrected chi connectivity index (χ4v) is 2.40. The minimum absolute atomic E-state index is 0.581. The first kappa shape index (κ1) is 14.6. The summed E-state index contributed by atoms with van der Waals surface area (Å²) in [5.41, 5.74) is 5.00. The van der Waals surface area contributed by atoms with Gasteiger partial charge in [0.2, 0.25) is 0 Å². The molecule has 0 fully saturated rings. The van der Waals surface area contributed by atoms with Gasteiger partial charge in [0.1, 0.15) is 0 Å². The molecule has 2 aromatic rings. The Bertz CT molecular complexity index is 667. The highest BCUT2D eigenvalue weighted by molar-refractivity contribution is 6.31. The Labute approximate surface area is 124 Å². The van der Waals surface area contributed by atoms with Crippen molar-refractivity contribution in [3.63, 3.8) is 0 Å². The molecule has 0 radical (unpaired) electrons. The van der Waals surface area contributed by atoms with E-state index in [1.165, 1.54) is 11.3 Å². The summed E-state index contributed by atoms with van der Waals surface area (Å²) in [4.78, 5) is 0. The van der Waals surface area contributed by atoms with E-state index in [0.717, 1.165) is 17.8 Å². The van der Waals surface area contributed by atoms with Crippen molar-refractivity contribution >= 4 is 11.6 Å². The van der Waals surface area contributed by atoms with Crippen molar-refractivity contribution in [2.45, 2.75) is 26.9 Å². The third kappa shape index (κ3) is 3.01. The predicted molar refractivity (Wildman–Crippen MR) is 79.4 cm³/mol. The summed E-state index contributed by atoms with van der Waals surface area (Å²) in [5.74, 6) is 0. The second-order valence-corrected chi connectivity index (χ2v) is 5.20. The Morgan fingerprint density at radius 3 is 2.65 bits per heavy atom. The molecule has 104 valence electrons. The van der Waals surface area contributed by atoms with Gasteiger partial charge in [-0.3, -0.25) is 4.68 Å². The van der Waals surface area contributed by atoms with Crippen LogP contribution in [0.5, 0.6) is 0 Å². The summed E-state index contributed by atoms with van der Waals surface area (Å²) in [6.07, 6.45) is 0. The normalized spacial score (nSPS) is 10.6. The highest BCUT2D eigenvalue weighted by Crippen LogP contribution is 2.18. The maximum atomic E-state index is 8.81. The summed E-state index contributed by atoms with van der Waals surface area (Å²) in [6.45, 7) is 5.49. The Balaban J connectivity index is 2.01. The maximum Gasteiger partial charge on any atom is 0.0992 e. The van der Waals surface area contributed by atoms with Crippen LogP contribution in [0.3, 0.4) is 0 Å². The van der Waals surface area contributed by atoms with E-state index in [1.54, 1.807) is 12.1 Å². The van der Waals surface area contributed by atoms with E-state index < -0.39 is 0 Å². The van der Waals surface area contributed by atoms with Gasteiger partial charge < -0.3 is 5.32 Å². The van der Waals surface area contributed by atoms with E-state index in [1.807, 2.05) is 24.7 Å². The van der Waals surface area contributed by atoms with Crippen LogP contribution in [-0.2, 0) is 20.1 Å². The summed E-state index contributed by atoms with van der Waals surface area (Å²) in [6, 6.07) is 7.44. The van der Waals surface area contributed by atoms with Gasteiger partial charge in [-0.25, -0.2) is 0 Å². The number of rotatable bonds is 4. The van der Waals surface area contributed by atoms with Gasteiger partial charge in [-0.15, -0.1) is 0 Å². The molecule has 1 heterocycles. The summed E-state index contributed by atoms with van der Waals surface area (Å²) < 4.78 is 1.89. The Kier molecular flexibility index (Phi) is 4.43. The van der Waals surface area contributed by atoms with Crippen LogP contribution in [0, 0.1) is 25.2 Å². The Morgan fingerprint density at radius 1 is 1.35 bits per heavy atom. The molecule has 4 nitrogen and oxygen atoms in total. The van der Waals surface area contributed by atoms with Gasteiger partial charge in [0.25, 0.3) is 0 Å². The largest absolute Gasteiger partial charge is 0.308 e. The number of nitrogens with one attached hydrogen (secondary N) is 1. The van der Waals surface area contributed by atoms with Crippen LogP contribution < -0.4 is 5.32 Å². The minimum atomic E-state index is 0.581. The van der Waals surface area contributed by atoms with Gasteiger partial charge in [0, 0.05) is 36.4 Å². The van der Waals surface area contributed by atoms with Crippen LogP contribution in [0.2, 0.25) is 5.02 Å². The van der Waals surface area contributed by atoms with Gasteiger partial charge >= 0.3 is 0 Å². The number of halogens is 1. The van der Waals surface area contributed by atoms with Crippen molar-refractivity contribution in [1.82, 2.24) is 15.1 Å². The zero-order chi connectivity index (χ0) is 14.7. The van der Waals surface area contributed by atoms with Crippen molar-refractivity contribution in [1.29, 1.82) is 5.26 Å². The molecule has 20 heavy (non-hydrogen) atoms. The van der Waals surface area contributed by atoms with Crippen molar-refractivity contribution < 1.29 is 0 Å². The average molecular weight is 289 g/mol. The zero-order valence-electron chi connectivity index (χ0n) is 11.9. The third-order valence-corrected chi connectivity index (χ3v) is 3.81. The number of benzene rings is 1. The standard InChI is InChI=1S/C15H17ClN4/c1-10-14(11(2)20(3)19-10)9-18-8-13-5-4-12(7-17)6-15(13)16/h4-6,18H,8-9H2,1-3H3. The molecule has 0 spiro atoms. The van der Waals surface area contributed by atoms with Crippen LogP contribution >= 0.6 is 11.6 Å². The second kappa shape index (κ2) is 6.08. The number of aromatic nitrogens is 2. The average Bonchev–Trinajstić information content (AvgIpc) is 2.66. The predicted octanol–water partition coefficient (Wildman–Crippen LogP) is 2.85. The molecule has 2 rings (SSSR count). The first-order valence-electron chi connectivity index (χ1n) is 6.41. The lowest BCUT2D eigenvalue weighted by molar-refractivity contribution is 0.684. The van der Waals surface area contributed by atoms with E-state index in [2.05, 4.69) is 23.4 Å². The highest BCUT2D eigenvalue weighted by Gasteiger charge is 2.09. The lowest BCUT2D eigenvalue weighted by atomic mass is 10.1. The molecule has 0 unspecified atom stereocenters. The van der Waals surface area contributed by atoms with Gasteiger partial charge in [0.05, 0.1) is 17.3 Å². The van der Waals surface area contributed by atoms with Crippen molar-refractivity contribution in [2.24, 2.45) is 7.05 Å². The van der Waals surface area contributed by atoms with Gasteiger partial charge in [-0.2, -0.15) is 10.4 Å². The van der Waals surface area contributed by atoms with Gasteiger partial charge in [-0.1, -0.05) is 17.7 Å². The Hall–Kier alpha value is -1.83. The van der Waals surface area contributed by atoms with E-state index in [0.29, 0.717) is 17.1 Å². The van der Waals surface area contributed by atoms with Crippen LogP contribution in [0.15, 0.2) is 18.2 Å². The van der Waals surface area contributed by atoms with E-state index in [9.17, 15) is 0 Å². The zero-order valence-corrected chi connectivity index (χ0v) is 12.6. The molecule has 0 aliphatic carbocycles. The molecule has 1 aromatic carbocycles. The highest BCUT2D eigenvalue weighted by atomic mass is 35.5.